The number of aromatic nitrogens is 1. The summed E-state index contributed by atoms with van der Waals surface area (Å²) in [6, 6.07) is 20.0. The highest BCUT2D eigenvalue weighted by Gasteiger charge is 2.27. The topological polar surface area (TPSA) is 66.4 Å². The molecule has 0 bridgehead atoms. The molecule has 1 aliphatic heterocycles. The molecule has 2 heterocycles. The zero-order chi connectivity index (χ0) is 18.8. The van der Waals surface area contributed by atoms with Gasteiger partial charge in [-0.05, 0) is 30.3 Å². The Kier molecular flexibility index (Phi) is 4.79. The molecule has 1 aromatic heterocycles. The number of rotatable bonds is 3. The molecule has 1 aliphatic rings. The van der Waals surface area contributed by atoms with Crippen molar-refractivity contribution in [3.05, 3.63) is 88.2 Å². The molecule has 0 saturated heterocycles. The Morgan fingerprint density at radius 3 is 2.44 bits per heavy atom. The number of carbonyl (C=O) groups excluding carboxylic acids is 1. The van der Waals surface area contributed by atoms with Crippen molar-refractivity contribution in [3.8, 4) is 0 Å². The van der Waals surface area contributed by atoms with Gasteiger partial charge in [-0.25, -0.2) is 9.98 Å². The molecule has 0 saturated carbocycles. The van der Waals surface area contributed by atoms with E-state index in [9.17, 15) is 4.79 Å². The molecule has 1 amide bonds. The summed E-state index contributed by atoms with van der Waals surface area (Å²) in [5.74, 6) is -0.300. The van der Waals surface area contributed by atoms with Crippen LogP contribution in [-0.2, 0) is 4.79 Å². The highest BCUT2D eigenvalue weighted by atomic mass is 35.5. The van der Waals surface area contributed by atoms with E-state index in [0.29, 0.717) is 32.8 Å². The first-order valence-corrected chi connectivity index (χ1v) is 8.99. The maximum atomic E-state index is 12.8. The second kappa shape index (κ2) is 7.39. The Balaban J connectivity index is 1.86. The van der Waals surface area contributed by atoms with E-state index in [1.54, 1.807) is 18.2 Å². The van der Waals surface area contributed by atoms with Gasteiger partial charge in [0.05, 0.1) is 16.4 Å². The lowest BCUT2D eigenvalue weighted by molar-refractivity contribution is -0.116. The van der Waals surface area contributed by atoms with E-state index in [1.165, 1.54) is 0 Å². The fourth-order valence-electron chi connectivity index (χ4n) is 2.81. The number of carbonyl (C=O) groups is 1. The standard InChI is InChI=1S/C20H14Cl2N4O/c21-14-9-5-4-8-13(14)17-18-15(10-11-16(22)25-18)24-20(27)19(26-17)23-12-6-2-1-3-7-12/h1-11,19,23H,(H,24,27). The number of para-hydroxylation sites is 1. The van der Waals surface area contributed by atoms with Gasteiger partial charge in [-0.1, -0.05) is 59.6 Å². The first-order chi connectivity index (χ1) is 13.1. The summed E-state index contributed by atoms with van der Waals surface area (Å²) in [5.41, 5.74) is 2.94. The summed E-state index contributed by atoms with van der Waals surface area (Å²) in [6.45, 7) is 0. The average Bonchev–Trinajstić information content (AvgIpc) is 2.80. The zero-order valence-corrected chi connectivity index (χ0v) is 15.5. The van der Waals surface area contributed by atoms with Crippen LogP contribution in [-0.4, -0.2) is 22.8 Å². The molecule has 0 spiro atoms. The molecule has 2 N–H and O–H groups in total. The largest absolute Gasteiger partial charge is 0.356 e. The van der Waals surface area contributed by atoms with Crippen molar-refractivity contribution in [2.24, 2.45) is 4.99 Å². The highest BCUT2D eigenvalue weighted by molar-refractivity contribution is 6.36. The molecule has 0 radical (unpaired) electrons. The molecule has 0 fully saturated rings. The van der Waals surface area contributed by atoms with Crippen molar-refractivity contribution in [1.82, 2.24) is 4.98 Å². The Morgan fingerprint density at radius 1 is 0.926 bits per heavy atom. The van der Waals surface area contributed by atoms with Gasteiger partial charge in [0.15, 0.2) is 6.17 Å². The Hall–Kier alpha value is -2.89. The van der Waals surface area contributed by atoms with E-state index >= 15 is 0 Å². The summed E-state index contributed by atoms with van der Waals surface area (Å²) < 4.78 is 0. The van der Waals surface area contributed by atoms with Gasteiger partial charge in [-0.2, -0.15) is 0 Å². The van der Waals surface area contributed by atoms with Crippen LogP contribution < -0.4 is 10.6 Å². The molecule has 4 rings (SSSR count). The summed E-state index contributed by atoms with van der Waals surface area (Å²) >= 11 is 12.5. The minimum atomic E-state index is -0.855. The predicted octanol–water partition coefficient (Wildman–Crippen LogP) is 4.62. The number of aliphatic imine (C=N–C) groups is 1. The molecule has 1 unspecified atom stereocenters. The molecule has 2 aromatic carbocycles. The van der Waals surface area contributed by atoms with Gasteiger partial charge in [-0.15, -0.1) is 0 Å². The minimum Gasteiger partial charge on any atom is -0.356 e. The summed E-state index contributed by atoms with van der Waals surface area (Å²) in [7, 11) is 0. The number of benzene rings is 2. The molecule has 27 heavy (non-hydrogen) atoms. The quantitative estimate of drug-likeness (QED) is 0.634. The van der Waals surface area contributed by atoms with Crippen LogP contribution >= 0.6 is 23.2 Å². The smallest absolute Gasteiger partial charge is 0.269 e. The van der Waals surface area contributed by atoms with Gasteiger partial charge in [0.25, 0.3) is 5.91 Å². The van der Waals surface area contributed by atoms with Crippen molar-refractivity contribution < 1.29 is 4.79 Å². The van der Waals surface area contributed by atoms with Gasteiger partial charge >= 0.3 is 0 Å². The third-order valence-electron chi connectivity index (χ3n) is 4.06. The Bertz CT molecular complexity index is 1040. The van der Waals surface area contributed by atoms with E-state index in [-0.39, 0.29) is 5.91 Å². The highest BCUT2D eigenvalue weighted by Crippen LogP contribution is 2.28. The van der Waals surface area contributed by atoms with E-state index in [4.69, 9.17) is 23.2 Å². The van der Waals surface area contributed by atoms with Crippen LogP contribution in [0.1, 0.15) is 11.3 Å². The summed E-state index contributed by atoms with van der Waals surface area (Å²) in [5, 5.41) is 6.81. The van der Waals surface area contributed by atoms with Crippen LogP contribution in [0.25, 0.3) is 0 Å². The van der Waals surface area contributed by atoms with Crippen LogP contribution in [0.3, 0.4) is 0 Å². The number of nitrogens with zero attached hydrogens (tertiary/aromatic N) is 2. The van der Waals surface area contributed by atoms with Crippen LogP contribution in [0.4, 0.5) is 11.4 Å². The SMILES string of the molecule is O=C1Nc2ccc(Cl)nc2C(c2ccccc2Cl)=NC1Nc1ccccc1. The molecule has 3 aromatic rings. The molecule has 134 valence electrons. The van der Waals surface area contributed by atoms with Gasteiger partial charge in [0, 0.05) is 11.3 Å². The first kappa shape index (κ1) is 17.5. The number of pyridine rings is 1. The van der Waals surface area contributed by atoms with Gasteiger partial charge in [0.2, 0.25) is 0 Å². The second-order valence-electron chi connectivity index (χ2n) is 5.89. The van der Waals surface area contributed by atoms with Gasteiger partial charge in [-0.3, -0.25) is 4.79 Å². The molecular formula is C20H14Cl2N4O. The fourth-order valence-corrected chi connectivity index (χ4v) is 3.18. The van der Waals surface area contributed by atoms with Gasteiger partial charge in [0.1, 0.15) is 10.8 Å². The molecule has 5 nitrogen and oxygen atoms in total. The van der Waals surface area contributed by atoms with E-state index in [2.05, 4.69) is 20.6 Å². The third-order valence-corrected chi connectivity index (χ3v) is 4.60. The van der Waals surface area contributed by atoms with E-state index in [1.807, 2.05) is 48.5 Å². The molecule has 1 atom stereocenters. The third kappa shape index (κ3) is 3.65. The maximum absolute atomic E-state index is 12.8. The average molecular weight is 397 g/mol. The number of hydrogen-bond acceptors (Lipinski definition) is 4. The minimum absolute atomic E-state index is 0.300. The lowest BCUT2D eigenvalue weighted by Gasteiger charge is -2.14. The summed E-state index contributed by atoms with van der Waals surface area (Å²) in [6.07, 6.45) is -0.855. The van der Waals surface area contributed by atoms with Crippen molar-refractivity contribution in [3.63, 3.8) is 0 Å². The molecular weight excluding hydrogens is 383 g/mol. The number of amides is 1. The van der Waals surface area contributed by atoms with Crippen molar-refractivity contribution in [2.45, 2.75) is 6.17 Å². The number of fused-ring (bicyclic) bond motifs is 1. The maximum Gasteiger partial charge on any atom is 0.269 e. The lowest BCUT2D eigenvalue weighted by Crippen LogP contribution is -2.32. The second-order valence-corrected chi connectivity index (χ2v) is 6.68. The van der Waals surface area contributed by atoms with E-state index in [0.717, 1.165) is 5.69 Å². The number of hydrogen-bond donors (Lipinski definition) is 2. The lowest BCUT2D eigenvalue weighted by atomic mass is 10.1. The monoisotopic (exact) mass is 396 g/mol. The number of halogens is 2. The van der Waals surface area contributed by atoms with Crippen molar-refractivity contribution >= 4 is 46.2 Å². The van der Waals surface area contributed by atoms with Crippen molar-refractivity contribution in [1.29, 1.82) is 0 Å². The van der Waals surface area contributed by atoms with E-state index < -0.39 is 6.17 Å². The predicted molar refractivity (Wildman–Crippen MR) is 109 cm³/mol. The molecule has 7 heteroatoms. The normalized spacial score (nSPS) is 16.0. The zero-order valence-electron chi connectivity index (χ0n) is 14.0. The van der Waals surface area contributed by atoms with Crippen molar-refractivity contribution in [2.75, 3.05) is 10.6 Å². The Labute approximate surface area is 166 Å². The fraction of sp³-hybridized carbons (Fsp3) is 0.0500. The van der Waals surface area contributed by atoms with Gasteiger partial charge < -0.3 is 10.6 Å². The van der Waals surface area contributed by atoms with Crippen LogP contribution in [0, 0.1) is 0 Å². The summed E-state index contributed by atoms with van der Waals surface area (Å²) in [4.78, 5) is 21.8. The number of nitrogens with one attached hydrogen (secondary N) is 2. The molecule has 0 aliphatic carbocycles. The number of anilines is 2. The van der Waals surface area contributed by atoms with Crippen LogP contribution in [0.5, 0.6) is 0 Å². The first-order valence-electron chi connectivity index (χ1n) is 8.24. The van der Waals surface area contributed by atoms with Crippen LogP contribution in [0.2, 0.25) is 10.2 Å². The van der Waals surface area contributed by atoms with Crippen LogP contribution in [0.15, 0.2) is 71.7 Å². The Morgan fingerprint density at radius 2 is 1.67 bits per heavy atom.